The van der Waals surface area contributed by atoms with E-state index in [4.69, 9.17) is 0 Å². The van der Waals surface area contributed by atoms with Gasteiger partial charge in [-0.15, -0.1) is 0 Å². The third kappa shape index (κ3) is 1.88. The maximum absolute atomic E-state index is 9.22. The molecule has 0 heterocycles. The Morgan fingerprint density at radius 1 is 1.14 bits per heavy atom. The normalized spacial score (nSPS) is 16.5. The molecule has 0 bridgehead atoms. The summed E-state index contributed by atoms with van der Waals surface area (Å²) in [6.45, 7) is 0.146. The van der Waals surface area contributed by atoms with Crippen molar-refractivity contribution in [3.8, 4) is 0 Å². The minimum Gasteiger partial charge on any atom is -0.392 e. The van der Waals surface area contributed by atoms with Crippen LogP contribution in [0, 0.1) is 0 Å². The molecule has 0 aliphatic heterocycles. The lowest BCUT2D eigenvalue weighted by Gasteiger charge is -2.15. The summed E-state index contributed by atoms with van der Waals surface area (Å²) < 4.78 is 0. The molecule has 1 heteroatoms. The Labute approximate surface area is 85.1 Å². The van der Waals surface area contributed by atoms with E-state index in [2.05, 4.69) is 12.1 Å². The number of rotatable bonds is 2. The molecule has 0 amide bonds. The highest BCUT2D eigenvalue weighted by molar-refractivity contribution is 5.68. The van der Waals surface area contributed by atoms with Crippen molar-refractivity contribution in [1.29, 1.82) is 0 Å². The fourth-order valence-corrected chi connectivity index (χ4v) is 2.05. The van der Waals surface area contributed by atoms with Crippen molar-refractivity contribution in [2.75, 3.05) is 0 Å². The number of benzene rings is 1. The van der Waals surface area contributed by atoms with Gasteiger partial charge < -0.3 is 5.11 Å². The lowest BCUT2D eigenvalue weighted by molar-refractivity contribution is 0.281. The Morgan fingerprint density at radius 3 is 2.71 bits per heavy atom. The van der Waals surface area contributed by atoms with Crippen LogP contribution in [0.15, 0.2) is 30.3 Å². The van der Waals surface area contributed by atoms with E-state index in [-0.39, 0.29) is 6.61 Å². The van der Waals surface area contributed by atoms with Crippen LogP contribution in [0.3, 0.4) is 0 Å². The minimum absolute atomic E-state index is 0.146. The standard InChI is InChI=1S/C13H16O/c14-10-12-8-4-5-9-13(12)11-6-2-1-3-7-11/h4-6,8-9,14H,1-3,7,10H2. The molecule has 0 aromatic heterocycles. The summed E-state index contributed by atoms with van der Waals surface area (Å²) in [7, 11) is 0. The van der Waals surface area contributed by atoms with Crippen LogP contribution >= 0.6 is 0 Å². The number of hydrogen-bond donors (Lipinski definition) is 1. The molecule has 1 aliphatic carbocycles. The van der Waals surface area contributed by atoms with E-state index >= 15 is 0 Å². The van der Waals surface area contributed by atoms with Crippen LogP contribution in [0.25, 0.3) is 5.57 Å². The fourth-order valence-electron chi connectivity index (χ4n) is 2.05. The van der Waals surface area contributed by atoms with Gasteiger partial charge in [0.15, 0.2) is 0 Å². The van der Waals surface area contributed by atoms with Crippen molar-refractivity contribution in [3.63, 3.8) is 0 Å². The van der Waals surface area contributed by atoms with Crippen molar-refractivity contribution in [3.05, 3.63) is 41.5 Å². The van der Waals surface area contributed by atoms with E-state index in [1.165, 1.54) is 30.4 Å². The molecule has 0 radical (unpaired) electrons. The van der Waals surface area contributed by atoms with E-state index in [1.807, 2.05) is 18.2 Å². The maximum Gasteiger partial charge on any atom is 0.0687 e. The van der Waals surface area contributed by atoms with Crippen molar-refractivity contribution in [2.24, 2.45) is 0 Å². The number of allylic oxidation sites excluding steroid dienone is 2. The molecule has 1 aromatic carbocycles. The maximum atomic E-state index is 9.22. The van der Waals surface area contributed by atoms with Crippen LogP contribution in [0.4, 0.5) is 0 Å². The molecule has 0 unspecified atom stereocenters. The summed E-state index contributed by atoms with van der Waals surface area (Å²) in [6, 6.07) is 8.15. The van der Waals surface area contributed by atoms with E-state index in [1.54, 1.807) is 0 Å². The molecule has 0 fully saturated rings. The minimum atomic E-state index is 0.146. The molecule has 1 aliphatic rings. The molecule has 2 rings (SSSR count). The van der Waals surface area contributed by atoms with Crippen LogP contribution in [0.1, 0.15) is 36.8 Å². The first-order valence-electron chi connectivity index (χ1n) is 5.30. The molecular formula is C13H16O. The predicted octanol–water partition coefficient (Wildman–Crippen LogP) is 3.14. The fraction of sp³-hybridized carbons (Fsp3) is 0.385. The first-order valence-corrected chi connectivity index (χ1v) is 5.30. The molecule has 0 saturated heterocycles. The average Bonchev–Trinajstić information content (AvgIpc) is 2.30. The number of aliphatic hydroxyl groups excluding tert-OH is 1. The van der Waals surface area contributed by atoms with Crippen LogP contribution in [-0.2, 0) is 6.61 Å². The molecule has 1 nitrogen and oxygen atoms in total. The summed E-state index contributed by atoms with van der Waals surface area (Å²) in [5, 5.41) is 9.22. The first kappa shape index (κ1) is 9.47. The quantitative estimate of drug-likeness (QED) is 0.756. The zero-order valence-electron chi connectivity index (χ0n) is 8.37. The van der Waals surface area contributed by atoms with Gasteiger partial charge in [0.05, 0.1) is 6.61 Å². The van der Waals surface area contributed by atoms with Crippen LogP contribution in [0.2, 0.25) is 0 Å². The summed E-state index contributed by atoms with van der Waals surface area (Å²) >= 11 is 0. The Kier molecular flexibility index (Phi) is 3.00. The predicted molar refractivity (Wildman–Crippen MR) is 58.8 cm³/mol. The summed E-state index contributed by atoms with van der Waals surface area (Å²) in [5.74, 6) is 0. The van der Waals surface area contributed by atoms with Crippen LogP contribution in [0.5, 0.6) is 0 Å². The van der Waals surface area contributed by atoms with Gasteiger partial charge in [0.1, 0.15) is 0 Å². The molecule has 1 aromatic rings. The molecule has 0 atom stereocenters. The highest BCUT2D eigenvalue weighted by atomic mass is 16.3. The van der Waals surface area contributed by atoms with Crippen molar-refractivity contribution in [1.82, 2.24) is 0 Å². The lowest BCUT2D eigenvalue weighted by Crippen LogP contribution is -1.96. The Hall–Kier alpha value is -1.08. The topological polar surface area (TPSA) is 20.2 Å². The monoisotopic (exact) mass is 188 g/mol. The molecule has 0 saturated carbocycles. The van der Waals surface area contributed by atoms with Gasteiger partial charge in [-0.3, -0.25) is 0 Å². The molecule has 74 valence electrons. The van der Waals surface area contributed by atoms with Gasteiger partial charge in [-0.25, -0.2) is 0 Å². The molecular weight excluding hydrogens is 172 g/mol. The zero-order chi connectivity index (χ0) is 9.80. The molecule has 14 heavy (non-hydrogen) atoms. The van der Waals surface area contributed by atoms with E-state index in [0.29, 0.717) is 0 Å². The van der Waals surface area contributed by atoms with Crippen LogP contribution < -0.4 is 0 Å². The smallest absolute Gasteiger partial charge is 0.0687 e. The Bertz CT molecular complexity index is 339. The van der Waals surface area contributed by atoms with Gasteiger partial charge in [-0.05, 0) is 42.4 Å². The van der Waals surface area contributed by atoms with Crippen molar-refractivity contribution >= 4 is 5.57 Å². The third-order valence-electron chi connectivity index (χ3n) is 2.82. The highest BCUT2D eigenvalue weighted by Gasteiger charge is 2.08. The SMILES string of the molecule is OCc1ccccc1C1=CCCCC1. The Morgan fingerprint density at radius 2 is 2.00 bits per heavy atom. The second kappa shape index (κ2) is 4.43. The first-order chi connectivity index (χ1) is 6.92. The molecule has 1 N–H and O–H groups in total. The van der Waals surface area contributed by atoms with Gasteiger partial charge in [-0.2, -0.15) is 0 Å². The zero-order valence-corrected chi connectivity index (χ0v) is 8.37. The molecule has 0 spiro atoms. The van der Waals surface area contributed by atoms with Gasteiger partial charge >= 0.3 is 0 Å². The van der Waals surface area contributed by atoms with E-state index in [9.17, 15) is 5.11 Å². The van der Waals surface area contributed by atoms with Gasteiger partial charge in [0, 0.05) is 0 Å². The lowest BCUT2D eigenvalue weighted by atomic mass is 9.91. The number of aliphatic hydroxyl groups is 1. The summed E-state index contributed by atoms with van der Waals surface area (Å²) in [6.07, 6.45) is 7.26. The number of hydrogen-bond acceptors (Lipinski definition) is 1. The van der Waals surface area contributed by atoms with E-state index < -0.39 is 0 Å². The van der Waals surface area contributed by atoms with E-state index in [0.717, 1.165) is 12.0 Å². The summed E-state index contributed by atoms with van der Waals surface area (Å²) in [4.78, 5) is 0. The third-order valence-corrected chi connectivity index (χ3v) is 2.82. The van der Waals surface area contributed by atoms with Crippen LogP contribution in [-0.4, -0.2) is 5.11 Å². The summed E-state index contributed by atoms with van der Waals surface area (Å²) in [5.41, 5.74) is 3.72. The van der Waals surface area contributed by atoms with Gasteiger partial charge in [0.2, 0.25) is 0 Å². The average molecular weight is 188 g/mol. The largest absolute Gasteiger partial charge is 0.392 e. The van der Waals surface area contributed by atoms with Gasteiger partial charge in [0.25, 0.3) is 0 Å². The Balaban J connectivity index is 2.34. The second-order valence-corrected chi connectivity index (χ2v) is 3.79. The highest BCUT2D eigenvalue weighted by Crippen LogP contribution is 2.28. The second-order valence-electron chi connectivity index (χ2n) is 3.79. The van der Waals surface area contributed by atoms with Crippen molar-refractivity contribution < 1.29 is 5.11 Å². The van der Waals surface area contributed by atoms with Crippen molar-refractivity contribution in [2.45, 2.75) is 32.3 Å². The van der Waals surface area contributed by atoms with Gasteiger partial charge in [-0.1, -0.05) is 30.3 Å².